The maximum absolute atomic E-state index is 11.8. The van der Waals surface area contributed by atoms with Gasteiger partial charge in [-0.15, -0.1) is 0 Å². The van der Waals surface area contributed by atoms with Gasteiger partial charge in [0, 0.05) is 6.42 Å². The Morgan fingerprint density at radius 3 is 2.47 bits per heavy atom. The fourth-order valence-electron chi connectivity index (χ4n) is 2.14. The molecule has 19 heavy (non-hydrogen) atoms. The highest BCUT2D eigenvalue weighted by molar-refractivity contribution is 5.70. The van der Waals surface area contributed by atoms with Gasteiger partial charge in [0.2, 0.25) is 0 Å². The Balaban J connectivity index is 2.57. The predicted octanol–water partition coefficient (Wildman–Crippen LogP) is 2.54. The van der Waals surface area contributed by atoms with E-state index >= 15 is 0 Å². The quantitative estimate of drug-likeness (QED) is 0.736. The standard InChI is InChI=1S/C14H23NO4/c1-13(2,3)19-12(16)9-11-8-10(6-7-15)17-14(4,5)18-11/h10-11H,6,8-9H2,1-5H3/t10-,11?/m1/s1. The van der Waals surface area contributed by atoms with E-state index in [0.717, 1.165) is 0 Å². The zero-order valence-corrected chi connectivity index (χ0v) is 12.4. The molecule has 1 saturated heterocycles. The average molecular weight is 269 g/mol. The number of rotatable bonds is 3. The first-order chi connectivity index (χ1) is 8.61. The van der Waals surface area contributed by atoms with Gasteiger partial charge in [0.1, 0.15) is 5.60 Å². The smallest absolute Gasteiger partial charge is 0.308 e. The van der Waals surface area contributed by atoms with E-state index in [1.165, 1.54) is 0 Å². The van der Waals surface area contributed by atoms with E-state index in [0.29, 0.717) is 12.8 Å². The van der Waals surface area contributed by atoms with Crippen LogP contribution in [0.15, 0.2) is 0 Å². The number of hydrogen-bond donors (Lipinski definition) is 0. The third kappa shape index (κ3) is 6.04. The van der Waals surface area contributed by atoms with Crippen molar-refractivity contribution in [2.24, 2.45) is 0 Å². The summed E-state index contributed by atoms with van der Waals surface area (Å²) >= 11 is 0. The van der Waals surface area contributed by atoms with Crippen molar-refractivity contribution < 1.29 is 19.0 Å². The lowest BCUT2D eigenvalue weighted by Crippen LogP contribution is -2.45. The molecule has 0 bridgehead atoms. The topological polar surface area (TPSA) is 68.6 Å². The van der Waals surface area contributed by atoms with Gasteiger partial charge in [-0.25, -0.2) is 0 Å². The first kappa shape index (κ1) is 15.9. The summed E-state index contributed by atoms with van der Waals surface area (Å²) in [6.07, 6.45) is 0.568. The second-order valence-corrected chi connectivity index (χ2v) is 6.27. The van der Waals surface area contributed by atoms with Crippen molar-refractivity contribution in [1.82, 2.24) is 0 Å². The molecular formula is C14H23NO4. The van der Waals surface area contributed by atoms with Crippen LogP contribution in [0.2, 0.25) is 0 Å². The van der Waals surface area contributed by atoms with Crippen LogP contribution < -0.4 is 0 Å². The maximum Gasteiger partial charge on any atom is 0.308 e. The number of nitriles is 1. The second kappa shape index (κ2) is 5.89. The molecule has 1 rings (SSSR count). The fourth-order valence-corrected chi connectivity index (χ4v) is 2.14. The summed E-state index contributed by atoms with van der Waals surface area (Å²) in [6.45, 7) is 9.08. The van der Waals surface area contributed by atoms with Gasteiger partial charge in [0.15, 0.2) is 5.79 Å². The van der Waals surface area contributed by atoms with Gasteiger partial charge < -0.3 is 14.2 Å². The summed E-state index contributed by atoms with van der Waals surface area (Å²) in [4.78, 5) is 11.8. The lowest BCUT2D eigenvalue weighted by molar-refractivity contribution is -0.298. The Kier molecular flexibility index (Phi) is 4.94. The van der Waals surface area contributed by atoms with Crippen LogP contribution in [0.5, 0.6) is 0 Å². The molecule has 1 fully saturated rings. The van der Waals surface area contributed by atoms with Crippen LogP contribution in [0, 0.1) is 11.3 Å². The first-order valence-corrected chi connectivity index (χ1v) is 6.56. The zero-order valence-electron chi connectivity index (χ0n) is 12.4. The van der Waals surface area contributed by atoms with Gasteiger partial charge in [-0.2, -0.15) is 5.26 Å². The maximum atomic E-state index is 11.8. The van der Waals surface area contributed by atoms with E-state index in [-0.39, 0.29) is 24.6 Å². The summed E-state index contributed by atoms with van der Waals surface area (Å²) in [5, 5.41) is 8.75. The number of nitrogens with zero attached hydrogens (tertiary/aromatic N) is 1. The number of carbonyl (C=O) groups is 1. The average Bonchev–Trinajstić information content (AvgIpc) is 2.10. The van der Waals surface area contributed by atoms with Crippen LogP contribution in [0.3, 0.4) is 0 Å². The van der Waals surface area contributed by atoms with Crippen molar-refractivity contribution in [3.8, 4) is 6.07 Å². The Morgan fingerprint density at radius 1 is 1.37 bits per heavy atom. The van der Waals surface area contributed by atoms with Gasteiger partial charge in [-0.05, 0) is 34.6 Å². The second-order valence-electron chi connectivity index (χ2n) is 6.27. The lowest BCUT2D eigenvalue weighted by Gasteiger charge is -2.40. The minimum absolute atomic E-state index is 0.186. The van der Waals surface area contributed by atoms with Gasteiger partial charge in [0.25, 0.3) is 0 Å². The highest BCUT2D eigenvalue weighted by atomic mass is 16.7. The third-order valence-corrected chi connectivity index (χ3v) is 2.56. The van der Waals surface area contributed by atoms with Crippen LogP contribution in [-0.2, 0) is 19.0 Å². The molecular weight excluding hydrogens is 246 g/mol. The van der Waals surface area contributed by atoms with Gasteiger partial charge in [0.05, 0.1) is 31.1 Å². The van der Waals surface area contributed by atoms with Crippen LogP contribution in [-0.4, -0.2) is 29.6 Å². The van der Waals surface area contributed by atoms with Crippen LogP contribution in [0.1, 0.15) is 53.9 Å². The molecule has 1 aliphatic rings. The summed E-state index contributed by atoms with van der Waals surface area (Å²) in [7, 11) is 0. The van der Waals surface area contributed by atoms with E-state index in [2.05, 4.69) is 6.07 Å². The van der Waals surface area contributed by atoms with Crippen molar-refractivity contribution in [1.29, 1.82) is 5.26 Å². The third-order valence-electron chi connectivity index (χ3n) is 2.56. The van der Waals surface area contributed by atoms with Crippen molar-refractivity contribution in [2.75, 3.05) is 0 Å². The molecule has 108 valence electrons. The molecule has 0 saturated carbocycles. The van der Waals surface area contributed by atoms with E-state index in [1.54, 1.807) is 13.8 Å². The van der Waals surface area contributed by atoms with Crippen molar-refractivity contribution in [3.05, 3.63) is 0 Å². The highest BCUT2D eigenvalue weighted by Crippen LogP contribution is 2.30. The molecule has 0 aromatic heterocycles. The summed E-state index contributed by atoms with van der Waals surface area (Å²) in [5.41, 5.74) is -0.496. The van der Waals surface area contributed by atoms with Crippen molar-refractivity contribution in [2.45, 2.75) is 77.5 Å². The largest absolute Gasteiger partial charge is 0.460 e. The molecule has 0 aliphatic carbocycles. The van der Waals surface area contributed by atoms with Crippen molar-refractivity contribution in [3.63, 3.8) is 0 Å². The first-order valence-electron chi connectivity index (χ1n) is 6.56. The van der Waals surface area contributed by atoms with Gasteiger partial charge >= 0.3 is 5.97 Å². The van der Waals surface area contributed by atoms with E-state index in [1.807, 2.05) is 20.8 Å². The van der Waals surface area contributed by atoms with E-state index in [9.17, 15) is 4.79 Å². The fraction of sp³-hybridized carbons (Fsp3) is 0.857. The van der Waals surface area contributed by atoms with Crippen molar-refractivity contribution >= 4 is 5.97 Å². The number of carbonyl (C=O) groups excluding carboxylic acids is 1. The van der Waals surface area contributed by atoms with Crippen LogP contribution >= 0.6 is 0 Å². The Labute approximate surface area is 114 Å². The molecule has 0 aromatic carbocycles. The summed E-state index contributed by atoms with van der Waals surface area (Å²) < 4.78 is 16.6. The molecule has 0 amide bonds. The molecule has 5 heteroatoms. The van der Waals surface area contributed by atoms with Gasteiger partial charge in [-0.1, -0.05) is 0 Å². The Morgan fingerprint density at radius 2 is 1.95 bits per heavy atom. The highest BCUT2D eigenvalue weighted by Gasteiger charge is 2.36. The van der Waals surface area contributed by atoms with E-state index in [4.69, 9.17) is 19.5 Å². The molecule has 2 atom stereocenters. The van der Waals surface area contributed by atoms with Crippen LogP contribution in [0.25, 0.3) is 0 Å². The van der Waals surface area contributed by atoms with Gasteiger partial charge in [-0.3, -0.25) is 4.79 Å². The lowest BCUT2D eigenvalue weighted by atomic mass is 10.0. The van der Waals surface area contributed by atoms with Crippen LogP contribution in [0.4, 0.5) is 0 Å². The molecule has 1 aliphatic heterocycles. The monoisotopic (exact) mass is 269 g/mol. The Hall–Kier alpha value is -1.12. The number of esters is 1. The van der Waals surface area contributed by atoms with E-state index < -0.39 is 11.4 Å². The Bertz CT molecular complexity index is 365. The molecule has 0 aromatic rings. The molecule has 1 heterocycles. The molecule has 5 nitrogen and oxygen atoms in total. The SMILES string of the molecule is CC(C)(C)OC(=O)CC1C[C@@H](CC#N)OC(C)(C)O1. The normalized spacial score (nSPS) is 26.5. The molecule has 0 spiro atoms. The number of hydrogen-bond acceptors (Lipinski definition) is 5. The summed E-state index contributed by atoms with van der Waals surface area (Å²) in [6, 6.07) is 2.09. The molecule has 1 unspecified atom stereocenters. The molecule has 0 N–H and O–H groups in total. The molecule has 0 radical (unpaired) electrons. The minimum Gasteiger partial charge on any atom is -0.460 e. The summed E-state index contributed by atoms with van der Waals surface area (Å²) in [5.74, 6) is -1.06. The minimum atomic E-state index is -0.771. The number of ether oxygens (including phenoxy) is 3. The zero-order chi connectivity index (χ0) is 14.7. The predicted molar refractivity (Wildman–Crippen MR) is 69.1 cm³/mol.